The minimum absolute atomic E-state index is 0.164. The summed E-state index contributed by atoms with van der Waals surface area (Å²) in [6.45, 7) is 2.04. The zero-order valence-electron chi connectivity index (χ0n) is 11.5. The van der Waals surface area contributed by atoms with Gasteiger partial charge in [-0.05, 0) is 43.0 Å². The van der Waals surface area contributed by atoms with Crippen LogP contribution in [0.2, 0.25) is 0 Å². The Hall–Kier alpha value is -2.13. The Kier molecular flexibility index (Phi) is 3.52. The molecule has 0 saturated carbocycles. The van der Waals surface area contributed by atoms with Crippen LogP contribution < -0.4 is 5.73 Å². The summed E-state index contributed by atoms with van der Waals surface area (Å²) in [5.41, 5.74) is 10.3. The Bertz CT molecular complexity index is 703. The van der Waals surface area contributed by atoms with Crippen LogP contribution >= 0.6 is 0 Å². The van der Waals surface area contributed by atoms with Gasteiger partial charge in [0, 0.05) is 0 Å². The van der Waals surface area contributed by atoms with Crippen LogP contribution in [0.4, 0.5) is 0 Å². The molecule has 0 saturated heterocycles. The zero-order chi connectivity index (χ0) is 13.9. The highest BCUT2D eigenvalue weighted by atomic mass is 16.3. The summed E-state index contributed by atoms with van der Waals surface area (Å²) in [6, 6.07) is 16.2. The molecule has 0 radical (unpaired) electrons. The molecular formula is C17H18N2O. The molecule has 1 unspecified atom stereocenters. The fourth-order valence-corrected chi connectivity index (χ4v) is 2.30. The molecule has 1 heterocycles. The van der Waals surface area contributed by atoms with Gasteiger partial charge in [0.25, 0.3) is 0 Å². The Balaban J connectivity index is 1.73. The predicted molar refractivity (Wildman–Crippen MR) is 80.4 cm³/mol. The van der Waals surface area contributed by atoms with Gasteiger partial charge in [0.05, 0.1) is 6.04 Å². The number of hydrogen-bond donors (Lipinski definition) is 1. The van der Waals surface area contributed by atoms with Crippen molar-refractivity contribution in [3.63, 3.8) is 0 Å². The number of nitrogens with zero attached hydrogens (tertiary/aromatic N) is 1. The summed E-state index contributed by atoms with van der Waals surface area (Å²) in [5.74, 6) is 0.626. The Morgan fingerprint density at radius 1 is 1.15 bits per heavy atom. The molecule has 0 aliphatic carbocycles. The smallest absolute Gasteiger partial charge is 0.212 e. The second kappa shape index (κ2) is 5.47. The van der Waals surface area contributed by atoms with E-state index in [4.69, 9.17) is 10.2 Å². The lowest BCUT2D eigenvalue weighted by Gasteiger charge is -2.06. The second-order valence-electron chi connectivity index (χ2n) is 5.15. The average molecular weight is 266 g/mol. The normalized spacial score (nSPS) is 12.7. The van der Waals surface area contributed by atoms with Crippen LogP contribution in [-0.4, -0.2) is 4.98 Å². The largest absolute Gasteiger partial charge is 0.439 e. The van der Waals surface area contributed by atoms with Crippen LogP contribution in [-0.2, 0) is 6.42 Å². The number of hydrogen-bond acceptors (Lipinski definition) is 3. The first kappa shape index (κ1) is 12.9. The summed E-state index contributed by atoms with van der Waals surface area (Å²) >= 11 is 0. The summed E-state index contributed by atoms with van der Waals surface area (Å²) in [6.07, 6.45) is 1.76. The van der Waals surface area contributed by atoms with E-state index in [9.17, 15) is 0 Å². The second-order valence-corrected chi connectivity index (χ2v) is 5.15. The molecule has 0 fully saturated rings. The quantitative estimate of drug-likeness (QED) is 0.782. The average Bonchev–Trinajstić information content (AvgIpc) is 2.89. The van der Waals surface area contributed by atoms with Crippen molar-refractivity contribution in [3.05, 3.63) is 65.5 Å². The van der Waals surface area contributed by atoms with E-state index in [1.807, 2.05) is 43.3 Å². The van der Waals surface area contributed by atoms with Gasteiger partial charge < -0.3 is 10.2 Å². The maximum Gasteiger partial charge on any atom is 0.212 e. The van der Waals surface area contributed by atoms with Gasteiger partial charge in [-0.25, -0.2) is 4.98 Å². The van der Waals surface area contributed by atoms with Crippen molar-refractivity contribution < 1.29 is 4.42 Å². The predicted octanol–water partition coefficient (Wildman–Crippen LogP) is 3.77. The van der Waals surface area contributed by atoms with Gasteiger partial charge in [-0.1, -0.05) is 36.4 Å². The van der Waals surface area contributed by atoms with Gasteiger partial charge in [-0.2, -0.15) is 0 Å². The number of benzene rings is 2. The molecule has 1 aromatic heterocycles. The van der Waals surface area contributed by atoms with Gasteiger partial charge in [-0.15, -0.1) is 0 Å². The van der Waals surface area contributed by atoms with Crippen LogP contribution in [0.3, 0.4) is 0 Å². The number of aromatic nitrogens is 1. The van der Waals surface area contributed by atoms with Crippen molar-refractivity contribution in [3.8, 4) is 0 Å². The molecule has 3 rings (SSSR count). The summed E-state index contributed by atoms with van der Waals surface area (Å²) in [4.78, 5) is 4.49. The van der Waals surface area contributed by atoms with Crippen molar-refractivity contribution >= 4 is 11.1 Å². The van der Waals surface area contributed by atoms with Crippen molar-refractivity contribution in [2.75, 3.05) is 0 Å². The zero-order valence-corrected chi connectivity index (χ0v) is 11.5. The van der Waals surface area contributed by atoms with E-state index >= 15 is 0 Å². The van der Waals surface area contributed by atoms with E-state index in [1.54, 1.807) is 0 Å². The Morgan fingerprint density at radius 2 is 1.95 bits per heavy atom. The lowest BCUT2D eigenvalue weighted by Crippen LogP contribution is -2.11. The van der Waals surface area contributed by atoms with Crippen LogP contribution in [0, 0.1) is 6.92 Å². The van der Waals surface area contributed by atoms with Gasteiger partial charge in [0.1, 0.15) is 5.52 Å². The van der Waals surface area contributed by atoms with Crippen molar-refractivity contribution in [1.29, 1.82) is 0 Å². The van der Waals surface area contributed by atoms with E-state index in [2.05, 4.69) is 17.1 Å². The number of rotatable bonds is 4. The van der Waals surface area contributed by atoms with Crippen molar-refractivity contribution in [2.45, 2.75) is 25.8 Å². The molecule has 2 aromatic carbocycles. The third-order valence-corrected chi connectivity index (χ3v) is 3.46. The molecule has 20 heavy (non-hydrogen) atoms. The summed E-state index contributed by atoms with van der Waals surface area (Å²) in [7, 11) is 0. The minimum atomic E-state index is -0.164. The van der Waals surface area contributed by atoms with Gasteiger partial charge >= 0.3 is 0 Å². The SMILES string of the molecule is Cc1ccc2oc(C(N)CCc3ccccc3)nc2c1. The number of aryl methyl sites for hydroxylation is 2. The number of fused-ring (bicyclic) bond motifs is 1. The van der Waals surface area contributed by atoms with E-state index in [-0.39, 0.29) is 6.04 Å². The molecule has 2 N–H and O–H groups in total. The molecule has 0 spiro atoms. The van der Waals surface area contributed by atoms with E-state index < -0.39 is 0 Å². The van der Waals surface area contributed by atoms with Gasteiger partial charge in [0.2, 0.25) is 5.89 Å². The molecule has 3 aromatic rings. The number of oxazole rings is 1. The first-order valence-corrected chi connectivity index (χ1v) is 6.89. The first-order chi connectivity index (χ1) is 9.72. The van der Waals surface area contributed by atoms with E-state index in [0.717, 1.165) is 23.9 Å². The summed E-state index contributed by atoms with van der Waals surface area (Å²) in [5, 5.41) is 0. The van der Waals surface area contributed by atoms with Crippen molar-refractivity contribution in [1.82, 2.24) is 4.98 Å². The van der Waals surface area contributed by atoms with Crippen LogP contribution in [0.15, 0.2) is 52.9 Å². The topological polar surface area (TPSA) is 52.0 Å². The third kappa shape index (κ3) is 2.73. The molecule has 102 valence electrons. The molecule has 0 aliphatic heterocycles. The highest BCUT2D eigenvalue weighted by molar-refractivity contribution is 5.73. The minimum Gasteiger partial charge on any atom is -0.439 e. The standard InChI is InChI=1S/C17H18N2O/c1-12-7-10-16-15(11-12)19-17(20-16)14(18)9-8-13-5-3-2-4-6-13/h2-7,10-11,14H,8-9,18H2,1H3. The molecular weight excluding hydrogens is 248 g/mol. The van der Waals surface area contributed by atoms with Crippen LogP contribution in [0.1, 0.15) is 29.5 Å². The Morgan fingerprint density at radius 3 is 2.75 bits per heavy atom. The summed E-state index contributed by atoms with van der Waals surface area (Å²) < 4.78 is 5.74. The third-order valence-electron chi connectivity index (χ3n) is 3.46. The van der Waals surface area contributed by atoms with E-state index in [1.165, 1.54) is 11.1 Å². The van der Waals surface area contributed by atoms with E-state index in [0.29, 0.717) is 5.89 Å². The fraction of sp³-hybridized carbons (Fsp3) is 0.235. The molecule has 3 heteroatoms. The molecule has 0 aliphatic rings. The molecule has 1 atom stereocenters. The molecule has 0 amide bonds. The first-order valence-electron chi connectivity index (χ1n) is 6.89. The molecule has 3 nitrogen and oxygen atoms in total. The highest BCUT2D eigenvalue weighted by Crippen LogP contribution is 2.22. The Labute approximate surface area is 118 Å². The molecule has 0 bridgehead atoms. The highest BCUT2D eigenvalue weighted by Gasteiger charge is 2.14. The number of nitrogens with two attached hydrogens (primary N) is 1. The maximum absolute atomic E-state index is 6.19. The fourth-order valence-electron chi connectivity index (χ4n) is 2.30. The van der Waals surface area contributed by atoms with Crippen molar-refractivity contribution in [2.24, 2.45) is 5.73 Å². The maximum atomic E-state index is 6.19. The monoisotopic (exact) mass is 266 g/mol. The lowest BCUT2D eigenvalue weighted by molar-refractivity contribution is 0.459. The van der Waals surface area contributed by atoms with Crippen LogP contribution in [0.25, 0.3) is 11.1 Å². The van der Waals surface area contributed by atoms with Gasteiger partial charge in [-0.3, -0.25) is 0 Å². The van der Waals surface area contributed by atoms with Crippen LogP contribution in [0.5, 0.6) is 0 Å². The van der Waals surface area contributed by atoms with Gasteiger partial charge in [0.15, 0.2) is 5.58 Å². The lowest BCUT2D eigenvalue weighted by atomic mass is 10.1.